The molecular formula is C18H18N2O4. The molecule has 0 fully saturated rings. The van der Waals surface area contributed by atoms with E-state index in [0.29, 0.717) is 22.9 Å². The van der Waals surface area contributed by atoms with E-state index in [1.54, 1.807) is 24.3 Å². The predicted octanol–water partition coefficient (Wildman–Crippen LogP) is 2.73. The third kappa shape index (κ3) is 3.32. The number of ether oxygens (including phenoxy) is 2. The number of benzene rings is 2. The second-order valence-electron chi connectivity index (χ2n) is 5.55. The maximum Gasteiger partial charge on any atom is 0.266 e. The Kier molecular flexibility index (Phi) is 4.37. The molecule has 6 heteroatoms. The van der Waals surface area contributed by atoms with E-state index >= 15 is 0 Å². The average molecular weight is 326 g/mol. The van der Waals surface area contributed by atoms with E-state index in [4.69, 9.17) is 9.47 Å². The van der Waals surface area contributed by atoms with Gasteiger partial charge in [0.1, 0.15) is 11.5 Å². The first-order valence-corrected chi connectivity index (χ1v) is 7.58. The first kappa shape index (κ1) is 15.9. The highest BCUT2D eigenvalue weighted by atomic mass is 16.5. The maximum absolute atomic E-state index is 12.3. The van der Waals surface area contributed by atoms with Crippen molar-refractivity contribution >= 4 is 23.2 Å². The Hall–Kier alpha value is -3.02. The van der Waals surface area contributed by atoms with Crippen molar-refractivity contribution in [1.82, 2.24) is 0 Å². The summed E-state index contributed by atoms with van der Waals surface area (Å²) in [5.41, 5.74) is 2.17. The smallest absolute Gasteiger partial charge is 0.266 e. The third-order valence-corrected chi connectivity index (χ3v) is 3.71. The minimum Gasteiger partial charge on any atom is -0.495 e. The minimum absolute atomic E-state index is 0.0860. The van der Waals surface area contributed by atoms with Crippen molar-refractivity contribution in [3.63, 3.8) is 0 Å². The molecule has 1 aliphatic heterocycles. The zero-order valence-electron chi connectivity index (χ0n) is 13.5. The molecule has 124 valence electrons. The molecule has 0 aliphatic carbocycles. The normalized spacial score (nSPS) is 15.8. The number of hydrogen-bond acceptors (Lipinski definition) is 4. The van der Waals surface area contributed by atoms with Crippen molar-refractivity contribution in [3.05, 3.63) is 48.0 Å². The monoisotopic (exact) mass is 326 g/mol. The molecule has 0 bridgehead atoms. The largest absolute Gasteiger partial charge is 0.495 e. The molecule has 24 heavy (non-hydrogen) atoms. The minimum atomic E-state index is -0.865. The summed E-state index contributed by atoms with van der Waals surface area (Å²) in [5, 5.41) is 5.51. The van der Waals surface area contributed by atoms with Crippen molar-refractivity contribution in [2.45, 2.75) is 19.4 Å². The number of rotatable bonds is 4. The van der Waals surface area contributed by atoms with Gasteiger partial charge < -0.3 is 20.1 Å². The fourth-order valence-corrected chi connectivity index (χ4v) is 2.52. The van der Waals surface area contributed by atoms with Crippen LogP contribution in [0, 0.1) is 6.92 Å². The van der Waals surface area contributed by atoms with Crippen LogP contribution in [0.3, 0.4) is 0 Å². The van der Waals surface area contributed by atoms with Crippen molar-refractivity contribution in [3.8, 4) is 11.5 Å². The number of carbonyl (C=O) groups excluding carboxylic acids is 2. The average Bonchev–Trinajstić information content (AvgIpc) is 2.55. The Labute approximate surface area is 139 Å². The van der Waals surface area contributed by atoms with E-state index in [-0.39, 0.29) is 18.2 Å². The molecule has 0 saturated carbocycles. The van der Waals surface area contributed by atoms with Gasteiger partial charge in [0.05, 0.1) is 24.9 Å². The number of para-hydroxylation sites is 2. The van der Waals surface area contributed by atoms with E-state index in [2.05, 4.69) is 10.6 Å². The van der Waals surface area contributed by atoms with Gasteiger partial charge in [-0.3, -0.25) is 9.59 Å². The topological polar surface area (TPSA) is 76.7 Å². The highest BCUT2D eigenvalue weighted by Crippen LogP contribution is 2.30. The molecular weight excluding hydrogens is 308 g/mol. The number of amides is 2. The van der Waals surface area contributed by atoms with Crippen molar-refractivity contribution in [2.24, 2.45) is 0 Å². The summed E-state index contributed by atoms with van der Waals surface area (Å²) in [6, 6.07) is 12.6. The Morgan fingerprint density at radius 3 is 2.88 bits per heavy atom. The van der Waals surface area contributed by atoms with Crippen LogP contribution in [0.1, 0.15) is 12.0 Å². The SMILES string of the molecule is COc1ccc(C)cc1NC(=O)C[C@@H]1Oc2ccccc2NC1=O. The number of hydrogen-bond donors (Lipinski definition) is 2. The Morgan fingerprint density at radius 2 is 2.08 bits per heavy atom. The van der Waals surface area contributed by atoms with Gasteiger partial charge in [-0.1, -0.05) is 18.2 Å². The van der Waals surface area contributed by atoms with Crippen LogP contribution in [0.2, 0.25) is 0 Å². The fraction of sp³-hybridized carbons (Fsp3) is 0.222. The standard InChI is InChI=1S/C18H18N2O4/c1-11-7-8-14(23-2)13(9-11)19-17(21)10-16-18(22)20-12-5-3-4-6-15(12)24-16/h3-9,16H,10H2,1-2H3,(H,19,21)(H,20,22)/t16-/m0/s1. The zero-order chi connectivity index (χ0) is 17.1. The lowest BCUT2D eigenvalue weighted by atomic mass is 10.1. The molecule has 2 aromatic rings. The summed E-state index contributed by atoms with van der Waals surface area (Å²) in [5.74, 6) is 0.467. The summed E-state index contributed by atoms with van der Waals surface area (Å²) in [7, 11) is 1.54. The van der Waals surface area contributed by atoms with E-state index in [1.807, 2.05) is 25.1 Å². The summed E-state index contributed by atoms with van der Waals surface area (Å²) in [4.78, 5) is 24.4. The quantitative estimate of drug-likeness (QED) is 0.906. The number of aryl methyl sites for hydroxylation is 1. The fourth-order valence-electron chi connectivity index (χ4n) is 2.52. The number of anilines is 2. The molecule has 6 nitrogen and oxygen atoms in total. The van der Waals surface area contributed by atoms with Gasteiger partial charge in [0.15, 0.2) is 6.10 Å². The lowest BCUT2D eigenvalue weighted by Gasteiger charge is -2.25. The molecule has 3 rings (SSSR count). The predicted molar refractivity (Wildman–Crippen MR) is 90.5 cm³/mol. The molecule has 2 aromatic carbocycles. The Balaban J connectivity index is 1.70. The first-order chi connectivity index (χ1) is 11.6. The van der Waals surface area contributed by atoms with E-state index in [1.165, 1.54) is 7.11 Å². The van der Waals surface area contributed by atoms with Crippen molar-refractivity contribution in [2.75, 3.05) is 17.7 Å². The molecule has 0 spiro atoms. The van der Waals surface area contributed by atoms with Gasteiger partial charge in [0.25, 0.3) is 5.91 Å². The highest BCUT2D eigenvalue weighted by Gasteiger charge is 2.29. The van der Waals surface area contributed by atoms with Crippen LogP contribution in [0.15, 0.2) is 42.5 Å². The molecule has 0 unspecified atom stereocenters. The van der Waals surface area contributed by atoms with Crippen molar-refractivity contribution < 1.29 is 19.1 Å². The lowest BCUT2D eigenvalue weighted by Crippen LogP contribution is -2.39. The van der Waals surface area contributed by atoms with Gasteiger partial charge in [0, 0.05) is 0 Å². The van der Waals surface area contributed by atoms with Crippen LogP contribution in [0.4, 0.5) is 11.4 Å². The van der Waals surface area contributed by atoms with Gasteiger partial charge in [0.2, 0.25) is 5.91 Å². The van der Waals surface area contributed by atoms with E-state index in [9.17, 15) is 9.59 Å². The number of nitrogens with one attached hydrogen (secondary N) is 2. The van der Waals surface area contributed by atoms with Gasteiger partial charge >= 0.3 is 0 Å². The molecule has 1 heterocycles. The summed E-state index contributed by atoms with van der Waals surface area (Å²) in [6.45, 7) is 1.92. The van der Waals surface area contributed by atoms with Crippen LogP contribution in [-0.2, 0) is 9.59 Å². The molecule has 1 atom stereocenters. The lowest BCUT2D eigenvalue weighted by molar-refractivity contribution is -0.128. The van der Waals surface area contributed by atoms with Gasteiger partial charge in [-0.25, -0.2) is 0 Å². The second kappa shape index (κ2) is 6.62. The maximum atomic E-state index is 12.3. The molecule has 0 radical (unpaired) electrons. The summed E-state index contributed by atoms with van der Waals surface area (Å²) in [6.07, 6.45) is -0.951. The van der Waals surface area contributed by atoms with Crippen LogP contribution in [-0.4, -0.2) is 25.0 Å². The zero-order valence-corrected chi connectivity index (χ0v) is 13.5. The third-order valence-electron chi connectivity index (χ3n) is 3.71. The van der Waals surface area contributed by atoms with Gasteiger partial charge in [-0.05, 0) is 36.8 Å². The highest BCUT2D eigenvalue weighted by molar-refractivity contribution is 6.02. The number of methoxy groups -OCH3 is 1. The molecule has 2 amide bonds. The number of carbonyl (C=O) groups is 2. The molecule has 0 saturated heterocycles. The van der Waals surface area contributed by atoms with E-state index in [0.717, 1.165) is 5.56 Å². The van der Waals surface area contributed by atoms with Gasteiger partial charge in [-0.15, -0.1) is 0 Å². The summed E-state index contributed by atoms with van der Waals surface area (Å²) >= 11 is 0. The van der Waals surface area contributed by atoms with Crippen LogP contribution >= 0.6 is 0 Å². The van der Waals surface area contributed by atoms with Crippen molar-refractivity contribution in [1.29, 1.82) is 0 Å². The molecule has 2 N–H and O–H groups in total. The Bertz CT molecular complexity index is 788. The van der Waals surface area contributed by atoms with E-state index < -0.39 is 6.10 Å². The van der Waals surface area contributed by atoms with Crippen LogP contribution in [0.25, 0.3) is 0 Å². The van der Waals surface area contributed by atoms with Gasteiger partial charge in [-0.2, -0.15) is 0 Å². The second-order valence-corrected chi connectivity index (χ2v) is 5.55. The van der Waals surface area contributed by atoms with Crippen LogP contribution < -0.4 is 20.1 Å². The summed E-state index contributed by atoms with van der Waals surface area (Å²) < 4.78 is 10.9. The first-order valence-electron chi connectivity index (χ1n) is 7.58. The van der Waals surface area contributed by atoms with Crippen LogP contribution in [0.5, 0.6) is 11.5 Å². The molecule has 1 aliphatic rings. The molecule has 0 aromatic heterocycles. The number of fused-ring (bicyclic) bond motifs is 1. The Morgan fingerprint density at radius 1 is 1.29 bits per heavy atom.